The highest BCUT2D eigenvalue weighted by molar-refractivity contribution is 5.81. The van der Waals surface area contributed by atoms with Crippen molar-refractivity contribution in [3.8, 4) is 6.07 Å². The van der Waals surface area contributed by atoms with Gasteiger partial charge in [-0.15, -0.1) is 0 Å². The van der Waals surface area contributed by atoms with Gasteiger partial charge in [0.2, 0.25) is 0 Å². The predicted octanol–water partition coefficient (Wildman–Crippen LogP) is 1.77. The van der Waals surface area contributed by atoms with Crippen molar-refractivity contribution in [3.05, 3.63) is 39.9 Å². The van der Waals surface area contributed by atoms with Crippen LogP contribution in [0, 0.1) is 21.4 Å². The van der Waals surface area contributed by atoms with Crippen LogP contribution in [0.1, 0.15) is 18.4 Å². The van der Waals surface area contributed by atoms with Gasteiger partial charge >= 0.3 is 5.97 Å². The number of non-ortho nitro benzene ring substituents is 1. The molecule has 0 spiro atoms. The maximum atomic E-state index is 11.4. The largest absolute Gasteiger partial charge is 0.465 e. The summed E-state index contributed by atoms with van der Waals surface area (Å²) in [7, 11) is 0. The van der Waals surface area contributed by atoms with Gasteiger partial charge in [-0.25, -0.2) is 0 Å². The van der Waals surface area contributed by atoms with E-state index in [0.717, 1.165) is 0 Å². The Morgan fingerprint density at radius 1 is 1.53 bits per heavy atom. The van der Waals surface area contributed by atoms with E-state index in [-0.39, 0.29) is 12.3 Å². The molecule has 0 aliphatic rings. The number of nitriles is 1. The molecular formula is C11H10N2O4. The summed E-state index contributed by atoms with van der Waals surface area (Å²) in [5.41, 5.74) is 0.297. The van der Waals surface area contributed by atoms with Crippen molar-refractivity contribution in [2.75, 3.05) is 6.61 Å². The van der Waals surface area contributed by atoms with E-state index in [9.17, 15) is 14.9 Å². The highest BCUT2D eigenvalue weighted by Crippen LogP contribution is 2.20. The molecule has 0 fully saturated rings. The first kappa shape index (κ1) is 12.6. The molecule has 0 N–H and O–H groups in total. The first-order valence-corrected chi connectivity index (χ1v) is 4.90. The Labute approximate surface area is 97.6 Å². The number of rotatable bonds is 4. The van der Waals surface area contributed by atoms with Crippen LogP contribution in [0.5, 0.6) is 0 Å². The summed E-state index contributed by atoms with van der Waals surface area (Å²) in [6.45, 7) is 1.83. The van der Waals surface area contributed by atoms with E-state index in [0.29, 0.717) is 5.56 Å². The third kappa shape index (κ3) is 3.01. The SMILES string of the molecule is CCOC(=O)[C@H](C#N)c1ccc([N+](=O)[O-])cc1. The van der Waals surface area contributed by atoms with Crippen LogP contribution < -0.4 is 0 Å². The van der Waals surface area contributed by atoms with Crippen LogP contribution >= 0.6 is 0 Å². The van der Waals surface area contributed by atoms with E-state index in [1.807, 2.05) is 6.07 Å². The number of benzene rings is 1. The molecule has 1 aromatic carbocycles. The van der Waals surface area contributed by atoms with Crippen LogP contribution in [-0.4, -0.2) is 17.5 Å². The zero-order chi connectivity index (χ0) is 12.8. The summed E-state index contributed by atoms with van der Waals surface area (Å²) >= 11 is 0. The van der Waals surface area contributed by atoms with Crippen LogP contribution in [0.2, 0.25) is 0 Å². The van der Waals surface area contributed by atoms with Crippen molar-refractivity contribution in [2.45, 2.75) is 12.8 Å². The van der Waals surface area contributed by atoms with Crippen LogP contribution in [0.25, 0.3) is 0 Å². The lowest BCUT2D eigenvalue weighted by Gasteiger charge is -2.07. The van der Waals surface area contributed by atoms with Gasteiger partial charge in [0.25, 0.3) is 5.69 Å². The van der Waals surface area contributed by atoms with E-state index in [1.165, 1.54) is 24.3 Å². The lowest BCUT2D eigenvalue weighted by atomic mass is 10.0. The molecular weight excluding hydrogens is 224 g/mol. The van der Waals surface area contributed by atoms with Crippen molar-refractivity contribution >= 4 is 11.7 Å². The number of nitro benzene ring substituents is 1. The highest BCUT2D eigenvalue weighted by atomic mass is 16.6. The van der Waals surface area contributed by atoms with Crippen molar-refractivity contribution in [2.24, 2.45) is 0 Å². The second-order valence-electron chi connectivity index (χ2n) is 3.16. The number of hydrogen-bond acceptors (Lipinski definition) is 5. The fourth-order valence-corrected chi connectivity index (χ4v) is 1.28. The van der Waals surface area contributed by atoms with Crippen LogP contribution in [0.3, 0.4) is 0 Å². The van der Waals surface area contributed by atoms with Gasteiger partial charge in [0, 0.05) is 12.1 Å². The van der Waals surface area contributed by atoms with E-state index >= 15 is 0 Å². The summed E-state index contributed by atoms with van der Waals surface area (Å²) in [6, 6.07) is 7.06. The first-order chi connectivity index (χ1) is 8.10. The molecule has 6 nitrogen and oxygen atoms in total. The third-order valence-electron chi connectivity index (χ3n) is 2.09. The smallest absolute Gasteiger partial charge is 0.327 e. The molecule has 0 radical (unpaired) electrons. The molecule has 0 aliphatic heterocycles. The van der Waals surface area contributed by atoms with Crippen LogP contribution in [-0.2, 0) is 9.53 Å². The second kappa shape index (κ2) is 5.61. The monoisotopic (exact) mass is 234 g/mol. The topological polar surface area (TPSA) is 93.2 Å². The number of nitrogens with zero attached hydrogens (tertiary/aromatic N) is 2. The maximum Gasteiger partial charge on any atom is 0.327 e. The first-order valence-electron chi connectivity index (χ1n) is 4.90. The van der Waals surface area contributed by atoms with Crippen molar-refractivity contribution in [3.63, 3.8) is 0 Å². The molecule has 0 aliphatic carbocycles. The number of esters is 1. The fourth-order valence-electron chi connectivity index (χ4n) is 1.28. The normalized spacial score (nSPS) is 11.3. The molecule has 1 rings (SSSR count). The fraction of sp³-hybridized carbons (Fsp3) is 0.273. The number of ether oxygens (including phenoxy) is 1. The standard InChI is InChI=1S/C11H10N2O4/c1-2-17-11(14)10(7-12)8-3-5-9(6-4-8)13(15)16/h3-6,10H,2H2,1H3/t10-/m1/s1. The summed E-state index contributed by atoms with van der Waals surface area (Å²) < 4.78 is 4.73. The van der Waals surface area contributed by atoms with E-state index in [1.54, 1.807) is 6.92 Å². The lowest BCUT2D eigenvalue weighted by Crippen LogP contribution is -2.14. The Hall–Kier alpha value is -2.42. The zero-order valence-corrected chi connectivity index (χ0v) is 9.12. The molecule has 1 aromatic rings. The van der Waals surface area contributed by atoms with Gasteiger partial charge in [0.05, 0.1) is 17.6 Å². The van der Waals surface area contributed by atoms with Gasteiger partial charge in [0.1, 0.15) is 0 Å². The number of carbonyl (C=O) groups excluding carboxylic acids is 1. The number of hydrogen-bond donors (Lipinski definition) is 0. The minimum atomic E-state index is -1.05. The Bertz CT molecular complexity index is 461. The Morgan fingerprint density at radius 3 is 2.53 bits per heavy atom. The quantitative estimate of drug-likeness (QED) is 0.449. The Kier molecular flexibility index (Phi) is 4.17. The van der Waals surface area contributed by atoms with Gasteiger partial charge in [-0.05, 0) is 12.5 Å². The minimum absolute atomic E-state index is 0.0886. The minimum Gasteiger partial charge on any atom is -0.465 e. The molecule has 0 aromatic heterocycles. The molecule has 0 saturated carbocycles. The van der Waals surface area contributed by atoms with Gasteiger partial charge in [-0.1, -0.05) is 12.1 Å². The predicted molar refractivity (Wildman–Crippen MR) is 58.1 cm³/mol. The molecule has 17 heavy (non-hydrogen) atoms. The molecule has 0 heterocycles. The van der Waals surface area contributed by atoms with Gasteiger partial charge < -0.3 is 4.74 Å². The van der Waals surface area contributed by atoms with E-state index in [2.05, 4.69) is 0 Å². The molecule has 88 valence electrons. The number of nitro groups is 1. The Morgan fingerprint density at radius 2 is 2.12 bits per heavy atom. The van der Waals surface area contributed by atoms with Crippen LogP contribution in [0.15, 0.2) is 24.3 Å². The van der Waals surface area contributed by atoms with E-state index < -0.39 is 16.8 Å². The Balaban J connectivity index is 2.94. The van der Waals surface area contributed by atoms with Crippen molar-refractivity contribution in [1.82, 2.24) is 0 Å². The molecule has 0 unspecified atom stereocenters. The van der Waals surface area contributed by atoms with Crippen LogP contribution in [0.4, 0.5) is 5.69 Å². The second-order valence-corrected chi connectivity index (χ2v) is 3.16. The summed E-state index contributed by atoms with van der Waals surface area (Å²) in [6.07, 6.45) is 0. The molecule has 0 amide bonds. The lowest BCUT2D eigenvalue weighted by molar-refractivity contribution is -0.384. The summed E-state index contributed by atoms with van der Waals surface area (Å²) in [5.74, 6) is -1.69. The van der Waals surface area contributed by atoms with E-state index in [4.69, 9.17) is 10.00 Å². The van der Waals surface area contributed by atoms with Gasteiger partial charge in [-0.2, -0.15) is 5.26 Å². The third-order valence-corrected chi connectivity index (χ3v) is 2.09. The number of carbonyl (C=O) groups is 1. The summed E-state index contributed by atoms with van der Waals surface area (Å²) in [5, 5.41) is 19.3. The molecule has 6 heteroatoms. The summed E-state index contributed by atoms with van der Waals surface area (Å²) in [4.78, 5) is 21.3. The zero-order valence-electron chi connectivity index (χ0n) is 9.12. The van der Waals surface area contributed by atoms with Crippen molar-refractivity contribution in [1.29, 1.82) is 5.26 Å². The molecule has 0 saturated heterocycles. The average molecular weight is 234 g/mol. The molecule has 1 atom stereocenters. The average Bonchev–Trinajstić information content (AvgIpc) is 2.31. The highest BCUT2D eigenvalue weighted by Gasteiger charge is 2.22. The maximum absolute atomic E-state index is 11.4. The van der Waals surface area contributed by atoms with Crippen molar-refractivity contribution < 1.29 is 14.5 Å². The molecule has 0 bridgehead atoms. The van der Waals surface area contributed by atoms with Gasteiger partial charge in [0.15, 0.2) is 5.92 Å². The van der Waals surface area contributed by atoms with Gasteiger partial charge in [-0.3, -0.25) is 14.9 Å².